The maximum absolute atomic E-state index is 13.9. The second-order valence-electron chi connectivity index (χ2n) is 35.1. The number of nitrogen functional groups attached to an aromatic ring is 2. The molecule has 0 saturated carbocycles. The van der Waals surface area contributed by atoms with E-state index in [1.807, 2.05) is 27.7 Å². The van der Waals surface area contributed by atoms with Crippen molar-refractivity contribution in [3.05, 3.63) is 301 Å². The lowest BCUT2D eigenvalue weighted by Crippen LogP contribution is -2.38. The van der Waals surface area contributed by atoms with Crippen molar-refractivity contribution < 1.29 is 109 Å². The molecule has 0 unspecified atom stereocenters. The molecule has 0 spiro atoms. The first-order chi connectivity index (χ1) is 68.1. The third-order valence-corrected chi connectivity index (χ3v) is 24.2. The van der Waals surface area contributed by atoms with Crippen LogP contribution in [0.5, 0.6) is 0 Å². The van der Waals surface area contributed by atoms with Crippen LogP contribution in [0.3, 0.4) is 0 Å². The highest BCUT2D eigenvalue weighted by molar-refractivity contribution is 6.28. The monoisotopic (exact) mass is 1930 g/mol. The third-order valence-electron chi connectivity index (χ3n) is 24.2. The fourth-order valence-corrected chi connectivity index (χ4v) is 17.7. The molecule has 0 radical (unpaired) electrons. The van der Waals surface area contributed by atoms with Crippen LogP contribution in [0.2, 0.25) is 0 Å². The van der Waals surface area contributed by atoms with E-state index in [0.29, 0.717) is 68.3 Å². The summed E-state index contributed by atoms with van der Waals surface area (Å²) in [5.74, 6) is -5.06. The van der Waals surface area contributed by atoms with E-state index in [-0.39, 0.29) is 104 Å². The summed E-state index contributed by atoms with van der Waals surface area (Å²) < 4.78 is 125. The zero-order valence-corrected chi connectivity index (χ0v) is 76.4. The number of aliphatic hydroxyl groups is 3. The molecule has 22 rings (SSSR count). The van der Waals surface area contributed by atoms with E-state index in [0.717, 1.165) is 26.5 Å². The van der Waals surface area contributed by atoms with Crippen LogP contribution in [-0.4, -0.2) is 234 Å². The van der Waals surface area contributed by atoms with Gasteiger partial charge in [0.15, 0.2) is 99.2 Å². The number of aromatic nitrogens is 16. The van der Waals surface area contributed by atoms with E-state index >= 15 is 0 Å². The van der Waals surface area contributed by atoms with E-state index in [2.05, 4.69) is 59.8 Å². The van der Waals surface area contributed by atoms with Gasteiger partial charge in [-0.1, -0.05) is 109 Å². The van der Waals surface area contributed by atoms with Gasteiger partial charge in [-0.3, -0.25) is 37.4 Å². The molecule has 4 amide bonds. The number of carbonyl (C=O) groups excluding carboxylic acids is 4. The number of nitrogens with two attached hydrogens (primary N) is 2. The molecule has 0 bridgehead atoms. The van der Waals surface area contributed by atoms with Gasteiger partial charge in [0, 0.05) is 22.3 Å². The maximum Gasteiger partial charge on any atom is 0.266 e. The van der Waals surface area contributed by atoms with Crippen LogP contribution in [0.4, 0.5) is 36.4 Å². The lowest BCUT2D eigenvalue weighted by molar-refractivity contribution is -0.202. The highest BCUT2D eigenvalue weighted by Gasteiger charge is 2.60. The van der Waals surface area contributed by atoms with Crippen LogP contribution < -0.4 is 21.3 Å². The molecule has 7 N–H and O–H groups in total. The van der Waals surface area contributed by atoms with Crippen molar-refractivity contribution in [2.24, 2.45) is 0 Å². The minimum atomic E-state index is -1.20. The number of hydrogen-bond acceptors (Lipinski definition) is 34. The van der Waals surface area contributed by atoms with Gasteiger partial charge in [-0.2, -0.15) is 0 Å². The average molecular weight is 1930 g/mol. The molecule has 7 saturated heterocycles. The summed E-state index contributed by atoms with van der Waals surface area (Å²) in [5.41, 5.74) is 18.4. The van der Waals surface area contributed by atoms with Gasteiger partial charge in [0.25, 0.3) is 23.6 Å². The van der Waals surface area contributed by atoms with Gasteiger partial charge in [0.05, 0.1) is 71.6 Å². The second-order valence-corrected chi connectivity index (χ2v) is 35.1. The summed E-state index contributed by atoms with van der Waals surface area (Å²) in [5, 5.41) is 30.5. The first kappa shape index (κ1) is 95.7. The van der Waals surface area contributed by atoms with Gasteiger partial charge in [0.2, 0.25) is 0 Å². The van der Waals surface area contributed by atoms with Gasteiger partial charge in [-0.25, -0.2) is 82.8 Å². The Morgan fingerprint density at radius 3 is 0.936 bits per heavy atom. The van der Waals surface area contributed by atoms with Crippen molar-refractivity contribution in [1.82, 2.24) is 78.1 Å². The quantitative estimate of drug-likeness (QED) is 0.0371. The number of carbonyl (C=O) groups is 4. The molecule has 7 fully saturated rings. The third kappa shape index (κ3) is 20.1. The summed E-state index contributed by atoms with van der Waals surface area (Å²) >= 11 is 0. The first-order valence-corrected chi connectivity index (χ1v) is 44.9. The number of imidazole rings is 4. The summed E-state index contributed by atoms with van der Waals surface area (Å²) in [6.07, 6.45) is 1.17. The fraction of sp³-hybridized carbons (Fsp3) is 0.327. The molecule has 7 aliphatic rings. The number of hydrogen-bond donors (Lipinski definition) is 5. The van der Waals surface area contributed by atoms with Crippen molar-refractivity contribution in [2.45, 2.75) is 177 Å². The first-order valence-electron chi connectivity index (χ1n) is 44.9. The number of imide groups is 2. The molecular formula is C98H95F3N20O20. The Morgan fingerprint density at radius 2 is 0.610 bits per heavy atom. The zero-order chi connectivity index (χ0) is 98.1. The summed E-state index contributed by atoms with van der Waals surface area (Å²) in [7, 11) is 0. The molecule has 7 aliphatic heterocycles. The molecule has 15 heterocycles. The maximum atomic E-state index is 13.9. The number of halogens is 3. The van der Waals surface area contributed by atoms with Crippen molar-refractivity contribution in [3.8, 4) is 0 Å². The summed E-state index contributed by atoms with van der Waals surface area (Å²) in [6, 6.07) is 52.2. The minimum absolute atomic E-state index is 0.0316. The molecule has 15 aromatic rings. The number of rotatable bonds is 23. The number of benzene rings is 7. The highest BCUT2D eigenvalue weighted by Crippen LogP contribution is 2.48. The Hall–Kier alpha value is -14.2. The van der Waals surface area contributed by atoms with E-state index in [9.17, 15) is 47.7 Å². The lowest BCUT2D eigenvalue weighted by Gasteiger charge is -2.25. The molecule has 0 aliphatic carbocycles. The van der Waals surface area contributed by atoms with Crippen LogP contribution in [0, 0.1) is 17.5 Å². The minimum Gasteiger partial charge on any atom is -0.394 e. The van der Waals surface area contributed by atoms with Gasteiger partial charge in [-0.15, -0.1) is 0 Å². The van der Waals surface area contributed by atoms with E-state index in [1.54, 1.807) is 192 Å². The van der Waals surface area contributed by atoms with Gasteiger partial charge in [0.1, 0.15) is 127 Å². The Kier molecular flexibility index (Phi) is 27.5. The van der Waals surface area contributed by atoms with Gasteiger partial charge in [-0.05, 0) is 143 Å². The molecular weight excluding hydrogens is 1830 g/mol. The topological polar surface area (TPSA) is 482 Å². The van der Waals surface area contributed by atoms with Crippen LogP contribution in [0.15, 0.2) is 245 Å². The number of nitrogens with zero attached hydrogens (tertiary/aromatic N) is 18. The SMILES string of the molecule is CC1(C)O[C@@H]2[C@H](O1)[C@@H](CO)O[C@H]2n1cnc2c(N(C(=O)c3ccccc3)C(=O)c3ccccc3)ncnc21.CC1(C)O[C@@H]2[C@H](O1)[C@@H](COCc1ccc(F)cc1)O[C@H]2n1cnc2c(N(C(=O)c3ccccc3)C(=O)c3ccccc3)ncnc21.CC1(C)O[C@@H]2[C@H](O1)[C@@H](COCc1ccc(F)cc1)O[C@H]2n1cnc2c(N)ncnc21.Nc1ncnc2c1ncn2[C@@H]1O[C@H](COCc2ccc(F)cc2)[C@@H](O)[C@H]1O. The van der Waals surface area contributed by atoms with Crippen LogP contribution in [0.25, 0.3) is 44.7 Å². The number of ether oxygens (including phenoxy) is 13. The van der Waals surface area contributed by atoms with Gasteiger partial charge >= 0.3 is 0 Å². The molecule has 141 heavy (non-hydrogen) atoms. The number of amides is 4. The van der Waals surface area contributed by atoms with Crippen LogP contribution in [-0.2, 0) is 81.4 Å². The number of aliphatic hydroxyl groups excluding tert-OH is 3. The Labute approximate surface area is 800 Å². The highest BCUT2D eigenvalue weighted by atomic mass is 19.1. The predicted molar refractivity (Wildman–Crippen MR) is 493 cm³/mol. The van der Waals surface area contributed by atoms with Crippen molar-refractivity contribution in [2.75, 3.05) is 47.7 Å². The van der Waals surface area contributed by atoms with Crippen LogP contribution in [0.1, 0.15) is 125 Å². The molecule has 43 heteroatoms. The summed E-state index contributed by atoms with van der Waals surface area (Å²) in [4.78, 5) is 109. The Morgan fingerprint density at radius 1 is 0.340 bits per heavy atom. The number of anilines is 4. The molecule has 16 atom stereocenters. The molecule has 40 nitrogen and oxygen atoms in total. The summed E-state index contributed by atoms with van der Waals surface area (Å²) in [6.45, 7) is 12.1. The van der Waals surface area contributed by atoms with Crippen molar-refractivity contribution >= 4 is 91.6 Å². The normalized spacial score (nSPS) is 24.2. The fourth-order valence-electron chi connectivity index (χ4n) is 17.7. The largest absolute Gasteiger partial charge is 0.394 e. The van der Waals surface area contributed by atoms with E-state index in [1.165, 1.54) is 85.3 Å². The van der Waals surface area contributed by atoms with Crippen molar-refractivity contribution in [1.29, 1.82) is 0 Å². The Bertz CT molecular complexity index is 6870. The van der Waals surface area contributed by atoms with E-state index in [4.69, 9.17) is 73.0 Å². The predicted octanol–water partition coefficient (Wildman–Crippen LogP) is 10.4. The molecule has 728 valence electrons. The standard InChI is InChI=1S/C34H30FN5O6.C27H25N5O6.C20H22FN5O4.C17H18FN5O4/c1-34(2)45-27-25(18-43-17-21-13-15-24(35)16-14-21)44-33(28(27)46-34)39-20-38-26-29(39)36-19-37-30(26)40(31(41)22-9-5-3-6-10-22)32(42)23-11-7-4-8-12-23;1-27(2)37-20-18(13-33)36-26(21(20)38-27)31-15-30-19-22(31)28-14-29-23(19)32(24(34)16-9-5-3-6-10-16)25(35)17-11-7-4-8-12-17;1-20(2)29-15-13(8-27-7-11-3-5-12(21)6-4-11)28-19(16(15)30-20)26-10-25-14-17(22)23-9-24-18(14)26;18-10-3-1-9(2-4-10)5-26-6-11-13(24)14(25)17(27-11)23-8-22-12-15(19)20-7-21-16(12)23/h3-16,19-20,25,27-28,33H,17-18H2,1-2H3;3-12,14-15,18,20-21,26,33H,13H2,1-2H3;3-6,9-10,13,15-16,19H,7-8H2,1-2H3,(H2,22,23,24);1-4,7-8,11,13-14,17,24-25H,5-6H2,(H2,19,20,21)/t25-,27-,28-,33-;18-,20-,21-,26-;13-,15-,16-,19-;11-,13-,14-,17-/m1111/s1. The number of fused-ring (bicyclic) bond motifs is 7. The zero-order valence-electron chi connectivity index (χ0n) is 76.4. The Balaban J connectivity index is 0.000000122. The van der Waals surface area contributed by atoms with E-state index < -0.39 is 121 Å². The van der Waals surface area contributed by atoms with Gasteiger partial charge < -0.3 is 88.4 Å². The molecule has 8 aromatic heterocycles. The average Bonchev–Trinajstić information content (AvgIpc) is 1.59. The smallest absolute Gasteiger partial charge is 0.266 e. The lowest BCUT2D eigenvalue weighted by atomic mass is 10.1. The molecule has 7 aromatic carbocycles. The van der Waals surface area contributed by atoms with Crippen molar-refractivity contribution in [3.63, 3.8) is 0 Å². The van der Waals surface area contributed by atoms with Crippen LogP contribution >= 0.6 is 0 Å². The second kappa shape index (κ2) is 40.5.